The number of carboxylic acid groups (broad SMARTS) is 1. The number of aliphatic imine (C=N–C) groups is 1. The number of aliphatic carboxylic acids is 1. The van der Waals surface area contributed by atoms with Crippen molar-refractivity contribution in [2.24, 2.45) is 16.8 Å². The number of halogens is 3. The molecule has 0 aromatic rings. The molecule has 0 bridgehead atoms. The third-order valence-corrected chi connectivity index (χ3v) is 9.89. The summed E-state index contributed by atoms with van der Waals surface area (Å²) < 4.78 is 45.7. The van der Waals surface area contributed by atoms with Crippen molar-refractivity contribution in [1.82, 2.24) is 20.4 Å². The summed E-state index contributed by atoms with van der Waals surface area (Å²) >= 11 is 0. The van der Waals surface area contributed by atoms with E-state index < -0.39 is 23.7 Å². The summed E-state index contributed by atoms with van der Waals surface area (Å²) in [4.78, 5) is 32.8. The van der Waals surface area contributed by atoms with Gasteiger partial charge in [0.2, 0.25) is 0 Å². The van der Waals surface area contributed by atoms with Crippen LogP contribution in [-0.2, 0) is 9.53 Å². The smallest absolute Gasteiger partial charge is 0.410 e. The van der Waals surface area contributed by atoms with Crippen LogP contribution in [0.2, 0.25) is 0 Å². The third kappa shape index (κ3) is 5.48. The maximum atomic E-state index is 13.2. The SMILES string of the molecule is O=C(O)C1CCC(N2CC3(CCN(C4=CCC=C(C5NC6CCC(C(F)(F)F)CC6N5)C=N4)CC3)OC2=O)CC1. The van der Waals surface area contributed by atoms with E-state index in [1.807, 2.05) is 11.1 Å². The van der Waals surface area contributed by atoms with E-state index in [1.54, 1.807) is 0 Å². The molecule has 3 saturated heterocycles. The molecule has 220 valence electrons. The van der Waals surface area contributed by atoms with Gasteiger partial charge in [0.1, 0.15) is 11.4 Å². The predicted octanol–water partition coefficient (Wildman–Crippen LogP) is 3.78. The van der Waals surface area contributed by atoms with Gasteiger partial charge in [0, 0.05) is 50.3 Å². The fourth-order valence-electron chi connectivity index (χ4n) is 7.44. The van der Waals surface area contributed by atoms with Gasteiger partial charge >= 0.3 is 18.2 Å². The fourth-order valence-corrected chi connectivity index (χ4v) is 7.44. The highest BCUT2D eigenvalue weighted by Crippen LogP contribution is 2.40. The molecule has 0 aromatic carbocycles. The maximum Gasteiger partial charge on any atom is 0.410 e. The highest BCUT2D eigenvalue weighted by molar-refractivity contribution is 5.81. The molecule has 2 saturated carbocycles. The lowest BCUT2D eigenvalue weighted by Crippen LogP contribution is -2.47. The van der Waals surface area contributed by atoms with Gasteiger partial charge in [-0.3, -0.25) is 15.4 Å². The number of allylic oxidation sites excluding steroid dienone is 2. The van der Waals surface area contributed by atoms with E-state index in [2.05, 4.69) is 27.7 Å². The monoisotopic (exact) mass is 565 g/mol. The minimum atomic E-state index is -4.14. The average Bonchev–Trinajstić information content (AvgIpc) is 3.39. The Bertz CT molecular complexity index is 1090. The number of carboxylic acids is 1. The van der Waals surface area contributed by atoms with Crippen LogP contribution in [0.4, 0.5) is 18.0 Å². The lowest BCUT2D eigenvalue weighted by molar-refractivity contribution is -0.183. The van der Waals surface area contributed by atoms with E-state index in [0.29, 0.717) is 71.0 Å². The predicted molar refractivity (Wildman–Crippen MR) is 140 cm³/mol. The van der Waals surface area contributed by atoms with E-state index in [-0.39, 0.29) is 49.1 Å². The summed E-state index contributed by atoms with van der Waals surface area (Å²) in [6.07, 6.45) is 6.73. The summed E-state index contributed by atoms with van der Waals surface area (Å²) in [7, 11) is 0. The molecule has 2 aliphatic carbocycles. The van der Waals surface area contributed by atoms with Crippen molar-refractivity contribution in [1.29, 1.82) is 0 Å². The molecular formula is C28H38F3N5O4. The quantitative estimate of drug-likeness (QED) is 0.477. The number of carbonyl (C=O) groups is 2. The van der Waals surface area contributed by atoms with Crippen LogP contribution in [0.5, 0.6) is 0 Å². The standard InChI is InChI=1S/C28H38F3N5O4/c29-28(30,31)19-6-9-21-22(14-19)34-24(33-21)18-2-1-3-23(32-15-18)35-12-10-27(11-13-35)16-36(26(39)40-27)20-7-4-17(5-8-20)25(37)38/h2-3,15,17,19-22,24,33-34H,1,4-14,16H2,(H,37,38). The van der Waals surface area contributed by atoms with Crippen LogP contribution in [0, 0.1) is 11.8 Å². The number of likely N-dealkylation sites (tertiary alicyclic amines) is 1. The minimum absolute atomic E-state index is 0.0350. The van der Waals surface area contributed by atoms with Crippen molar-refractivity contribution >= 4 is 18.3 Å². The molecule has 4 aliphatic heterocycles. The summed E-state index contributed by atoms with van der Waals surface area (Å²) in [6, 6.07) is -0.123. The molecule has 5 fully saturated rings. The number of rotatable bonds is 4. The Morgan fingerprint density at radius 3 is 2.48 bits per heavy atom. The molecule has 1 spiro atoms. The molecule has 1 amide bonds. The first-order chi connectivity index (χ1) is 19.1. The molecule has 3 N–H and O–H groups in total. The number of hydrogen-bond acceptors (Lipinski definition) is 7. The van der Waals surface area contributed by atoms with Crippen molar-refractivity contribution < 1.29 is 32.6 Å². The van der Waals surface area contributed by atoms with E-state index in [9.17, 15) is 27.9 Å². The van der Waals surface area contributed by atoms with E-state index in [1.165, 1.54) is 0 Å². The van der Waals surface area contributed by atoms with Gasteiger partial charge in [-0.2, -0.15) is 13.2 Å². The van der Waals surface area contributed by atoms with Crippen LogP contribution in [0.15, 0.2) is 28.5 Å². The highest BCUT2D eigenvalue weighted by atomic mass is 19.4. The van der Waals surface area contributed by atoms with Crippen molar-refractivity contribution in [2.45, 2.75) is 100 Å². The van der Waals surface area contributed by atoms with Crippen molar-refractivity contribution in [3.05, 3.63) is 23.5 Å². The number of nitrogens with one attached hydrogen (secondary N) is 2. The summed E-state index contributed by atoms with van der Waals surface area (Å²) in [5, 5.41) is 16.1. The summed E-state index contributed by atoms with van der Waals surface area (Å²) in [5.74, 6) is -1.45. The fraction of sp³-hybridized carbons (Fsp3) is 0.750. The number of ether oxygens (including phenoxy) is 1. The van der Waals surface area contributed by atoms with Crippen LogP contribution in [0.3, 0.4) is 0 Å². The Morgan fingerprint density at radius 2 is 1.77 bits per heavy atom. The van der Waals surface area contributed by atoms with Crippen LogP contribution >= 0.6 is 0 Å². The molecule has 6 aliphatic rings. The molecule has 4 unspecified atom stereocenters. The first kappa shape index (κ1) is 27.6. The molecule has 4 heterocycles. The zero-order chi connectivity index (χ0) is 28.1. The average molecular weight is 566 g/mol. The second-order valence-corrected chi connectivity index (χ2v) is 12.3. The summed E-state index contributed by atoms with van der Waals surface area (Å²) in [5.41, 5.74) is 0.424. The zero-order valence-electron chi connectivity index (χ0n) is 22.5. The van der Waals surface area contributed by atoms with Gasteiger partial charge in [-0.05, 0) is 63.0 Å². The van der Waals surface area contributed by atoms with Gasteiger partial charge in [-0.25, -0.2) is 9.79 Å². The van der Waals surface area contributed by atoms with E-state index in [0.717, 1.165) is 11.4 Å². The number of alkyl halides is 3. The van der Waals surface area contributed by atoms with Crippen molar-refractivity contribution in [3.8, 4) is 0 Å². The van der Waals surface area contributed by atoms with Crippen molar-refractivity contribution in [3.63, 3.8) is 0 Å². The van der Waals surface area contributed by atoms with E-state index >= 15 is 0 Å². The number of nitrogens with zero attached hydrogens (tertiary/aromatic N) is 3. The Hall–Kier alpha value is -2.60. The maximum absolute atomic E-state index is 13.2. The highest BCUT2D eigenvalue weighted by Gasteiger charge is 2.50. The molecule has 12 heteroatoms. The lowest BCUT2D eigenvalue weighted by atomic mass is 9.83. The van der Waals surface area contributed by atoms with Gasteiger partial charge in [0.25, 0.3) is 0 Å². The zero-order valence-corrected chi connectivity index (χ0v) is 22.5. The lowest BCUT2D eigenvalue weighted by Gasteiger charge is -2.39. The number of amides is 1. The Morgan fingerprint density at radius 1 is 1.05 bits per heavy atom. The topological polar surface area (TPSA) is 106 Å². The number of carbonyl (C=O) groups excluding carboxylic acids is 1. The Kier molecular flexibility index (Phi) is 7.35. The van der Waals surface area contributed by atoms with E-state index in [4.69, 9.17) is 9.73 Å². The molecule has 0 radical (unpaired) electrons. The second-order valence-electron chi connectivity index (χ2n) is 12.3. The molecule has 0 aromatic heterocycles. The Balaban J connectivity index is 1.01. The number of piperidine rings is 1. The van der Waals surface area contributed by atoms with Gasteiger partial charge in [-0.1, -0.05) is 6.08 Å². The molecule has 6 rings (SSSR count). The van der Waals surface area contributed by atoms with Gasteiger partial charge in [0.15, 0.2) is 0 Å². The van der Waals surface area contributed by atoms with Crippen LogP contribution in [-0.4, -0.2) is 88.9 Å². The summed E-state index contributed by atoms with van der Waals surface area (Å²) in [6.45, 7) is 1.95. The molecule has 9 nitrogen and oxygen atoms in total. The first-order valence-corrected chi connectivity index (χ1v) is 14.6. The number of hydrogen-bond donors (Lipinski definition) is 3. The minimum Gasteiger partial charge on any atom is -0.481 e. The van der Waals surface area contributed by atoms with Gasteiger partial charge in [0.05, 0.1) is 24.5 Å². The second kappa shape index (κ2) is 10.7. The van der Waals surface area contributed by atoms with Crippen LogP contribution < -0.4 is 10.6 Å². The van der Waals surface area contributed by atoms with Crippen LogP contribution in [0.1, 0.15) is 64.2 Å². The first-order valence-electron chi connectivity index (χ1n) is 14.6. The van der Waals surface area contributed by atoms with Crippen molar-refractivity contribution in [2.75, 3.05) is 19.6 Å². The van der Waals surface area contributed by atoms with Crippen LogP contribution in [0.25, 0.3) is 0 Å². The number of fused-ring (bicyclic) bond motifs is 1. The molecule has 40 heavy (non-hydrogen) atoms. The normalized spacial score (nSPS) is 36.1. The third-order valence-electron chi connectivity index (χ3n) is 9.89. The molecular weight excluding hydrogens is 527 g/mol. The van der Waals surface area contributed by atoms with Gasteiger partial charge in [-0.15, -0.1) is 0 Å². The Labute approximate surface area is 231 Å². The largest absolute Gasteiger partial charge is 0.481 e. The molecule has 4 atom stereocenters. The van der Waals surface area contributed by atoms with Gasteiger partial charge < -0.3 is 19.6 Å².